The van der Waals surface area contributed by atoms with Gasteiger partial charge in [0.25, 0.3) is 0 Å². The van der Waals surface area contributed by atoms with Crippen LogP contribution in [0, 0.1) is 5.82 Å². The van der Waals surface area contributed by atoms with Crippen LogP contribution in [0.15, 0.2) is 18.2 Å². The number of rotatable bonds is 6. The van der Waals surface area contributed by atoms with Crippen molar-refractivity contribution in [3.05, 3.63) is 29.0 Å². The summed E-state index contributed by atoms with van der Waals surface area (Å²) in [5.74, 6) is 0.249. The van der Waals surface area contributed by atoms with E-state index in [2.05, 4.69) is 37.1 Å². The summed E-state index contributed by atoms with van der Waals surface area (Å²) in [6, 6.07) is 4.35. The van der Waals surface area contributed by atoms with Gasteiger partial charge in [0.2, 0.25) is 0 Å². The number of nitrogen functional groups attached to an aromatic ring is 1. The van der Waals surface area contributed by atoms with E-state index in [4.69, 9.17) is 17.3 Å². The zero-order valence-corrected chi connectivity index (χ0v) is 17.7. The predicted molar refractivity (Wildman–Crippen MR) is 117 cm³/mol. The molecule has 1 aromatic carbocycles. The minimum atomic E-state index is -0.485. The summed E-state index contributed by atoms with van der Waals surface area (Å²) in [5, 5.41) is 4.15. The SMILES string of the molecule is CN1CCN(CCCNc2nc3nc(-c4ccc(F)c(Cl)c4)nc(N)c3s2)CC1. The lowest BCUT2D eigenvalue weighted by molar-refractivity contribution is 0.154. The van der Waals surface area contributed by atoms with E-state index in [0.29, 0.717) is 22.9 Å². The molecule has 1 aliphatic rings. The average molecular weight is 436 g/mol. The fourth-order valence-corrected chi connectivity index (χ4v) is 4.27. The Morgan fingerprint density at radius 3 is 2.76 bits per heavy atom. The number of hydrogen-bond acceptors (Lipinski definition) is 8. The number of halogens is 2. The van der Waals surface area contributed by atoms with Crippen molar-refractivity contribution in [2.45, 2.75) is 6.42 Å². The molecule has 1 saturated heterocycles. The van der Waals surface area contributed by atoms with Gasteiger partial charge in [-0.2, -0.15) is 4.98 Å². The molecule has 0 aliphatic carbocycles. The fraction of sp³-hybridized carbons (Fsp3) is 0.421. The summed E-state index contributed by atoms with van der Waals surface area (Å²) in [6.07, 6.45) is 1.04. The molecule has 29 heavy (non-hydrogen) atoms. The summed E-state index contributed by atoms with van der Waals surface area (Å²) < 4.78 is 14.2. The number of anilines is 2. The number of likely N-dealkylation sites (N-methyl/N-ethyl adjacent to an activating group) is 1. The van der Waals surface area contributed by atoms with E-state index >= 15 is 0 Å². The van der Waals surface area contributed by atoms with Gasteiger partial charge in [-0.1, -0.05) is 22.9 Å². The van der Waals surface area contributed by atoms with E-state index in [1.54, 1.807) is 6.07 Å². The second-order valence-corrected chi connectivity index (χ2v) is 8.56. The van der Waals surface area contributed by atoms with Gasteiger partial charge < -0.3 is 20.9 Å². The van der Waals surface area contributed by atoms with Crippen LogP contribution >= 0.6 is 22.9 Å². The van der Waals surface area contributed by atoms with Crippen LogP contribution in [0.2, 0.25) is 5.02 Å². The number of nitrogens with two attached hydrogens (primary N) is 1. The molecule has 4 rings (SSSR count). The van der Waals surface area contributed by atoms with E-state index in [0.717, 1.165) is 55.5 Å². The topological polar surface area (TPSA) is 83.2 Å². The first kappa shape index (κ1) is 20.2. The lowest BCUT2D eigenvalue weighted by Gasteiger charge is -2.32. The van der Waals surface area contributed by atoms with Gasteiger partial charge in [0, 0.05) is 38.3 Å². The third-order valence-corrected chi connectivity index (χ3v) is 6.30. The van der Waals surface area contributed by atoms with Gasteiger partial charge >= 0.3 is 0 Å². The van der Waals surface area contributed by atoms with Crippen LogP contribution in [0.4, 0.5) is 15.3 Å². The number of aromatic nitrogens is 3. The number of nitrogens with zero attached hydrogens (tertiary/aromatic N) is 5. The normalized spacial score (nSPS) is 15.8. The molecule has 10 heteroatoms. The maximum absolute atomic E-state index is 13.4. The summed E-state index contributed by atoms with van der Waals surface area (Å²) in [5.41, 5.74) is 7.24. The Balaban J connectivity index is 1.41. The lowest BCUT2D eigenvalue weighted by atomic mass is 10.2. The van der Waals surface area contributed by atoms with Crippen molar-refractivity contribution in [1.82, 2.24) is 24.8 Å². The molecule has 1 aliphatic heterocycles. The van der Waals surface area contributed by atoms with Crippen molar-refractivity contribution in [3.8, 4) is 11.4 Å². The molecule has 0 spiro atoms. The van der Waals surface area contributed by atoms with Gasteiger partial charge in [-0.05, 0) is 38.2 Å². The molecule has 0 saturated carbocycles. The largest absolute Gasteiger partial charge is 0.382 e. The number of fused-ring (bicyclic) bond motifs is 1. The zero-order valence-electron chi connectivity index (χ0n) is 16.2. The number of nitrogens with one attached hydrogen (secondary N) is 1. The van der Waals surface area contributed by atoms with Crippen molar-refractivity contribution in [3.63, 3.8) is 0 Å². The fourth-order valence-electron chi connectivity index (χ4n) is 3.25. The molecular formula is C19H23ClFN7S. The summed E-state index contributed by atoms with van der Waals surface area (Å²) in [4.78, 5) is 18.2. The van der Waals surface area contributed by atoms with Gasteiger partial charge in [-0.15, -0.1) is 0 Å². The second-order valence-electron chi connectivity index (χ2n) is 7.16. The molecule has 7 nitrogen and oxygen atoms in total. The predicted octanol–water partition coefficient (Wildman–Crippen LogP) is 3.18. The first-order chi connectivity index (χ1) is 14.0. The van der Waals surface area contributed by atoms with Crippen molar-refractivity contribution < 1.29 is 4.39 Å². The van der Waals surface area contributed by atoms with Crippen LogP contribution in [0.3, 0.4) is 0 Å². The Bertz CT molecular complexity index is 1000. The molecule has 0 radical (unpaired) electrons. The highest BCUT2D eigenvalue weighted by Crippen LogP contribution is 2.31. The highest BCUT2D eigenvalue weighted by Gasteiger charge is 2.15. The monoisotopic (exact) mass is 435 g/mol. The van der Waals surface area contributed by atoms with Crippen LogP contribution in [-0.4, -0.2) is 71.1 Å². The molecule has 1 fully saturated rings. The minimum absolute atomic E-state index is 0.0192. The molecular weight excluding hydrogens is 413 g/mol. The van der Waals surface area contributed by atoms with Crippen molar-refractivity contribution in [1.29, 1.82) is 0 Å². The van der Waals surface area contributed by atoms with E-state index in [1.807, 2.05) is 0 Å². The lowest BCUT2D eigenvalue weighted by Crippen LogP contribution is -2.44. The van der Waals surface area contributed by atoms with Gasteiger partial charge in [0.1, 0.15) is 16.3 Å². The van der Waals surface area contributed by atoms with E-state index < -0.39 is 5.82 Å². The standard InChI is InChI=1S/C19H23ClFN7S/c1-27-7-9-28(10-8-27)6-2-5-23-19-26-18-15(29-19)16(22)24-17(25-18)12-3-4-14(21)13(20)11-12/h3-4,11H,2,5-10H2,1H3,(H3,22,23,24,25,26). The second kappa shape index (κ2) is 8.74. The molecule has 3 heterocycles. The van der Waals surface area contributed by atoms with Gasteiger partial charge in [0.15, 0.2) is 16.6 Å². The van der Waals surface area contributed by atoms with Gasteiger partial charge in [0.05, 0.1) is 5.02 Å². The molecule has 0 bridgehead atoms. The number of hydrogen-bond donors (Lipinski definition) is 2. The number of benzene rings is 1. The van der Waals surface area contributed by atoms with Crippen LogP contribution in [0.5, 0.6) is 0 Å². The maximum Gasteiger partial charge on any atom is 0.185 e. The molecule has 0 unspecified atom stereocenters. The third-order valence-electron chi connectivity index (χ3n) is 4.98. The number of piperazine rings is 1. The van der Waals surface area contributed by atoms with Crippen molar-refractivity contribution in [2.24, 2.45) is 0 Å². The van der Waals surface area contributed by atoms with Gasteiger partial charge in [-0.25, -0.2) is 14.4 Å². The van der Waals surface area contributed by atoms with Crippen molar-refractivity contribution in [2.75, 3.05) is 57.4 Å². The van der Waals surface area contributed by atoms with Crippen LogP contribution in [-0.2, 0) is 0 Å². The molecule has 3 aromatic rings. The third kappa shape index (κ3) is 4.75. The molecule has 0 amide bonds. The van der Waals surface area contributed by atoms with Crippen molar-refractivity contribution >= 4 is 44.2 Å². The molecule has 3 N–H and O–H groups in total. The zero-order chi connectivity index (χ0) is 20.4. The molecule has 2 aromatic heterocycles. The van der Waals surface area contributed by atoms with E-state index in [9.17, 15) is 4.39 Å². The first-order valence-corrected chi connectivity index (χ1v) is 10.7. The average Bonchev–Trinajstić information content (AvgIpc) is 3.12. The molecule has 154 valence electrons. The number of thiazole rings is 1. The highest BCUT2D eigenvalue weighted by molar-refractivity contribution is 7.22. The Hall–Kier alpha value is -2.07. The highest BCUT2D eigenvalue weighted by atomic mass is 35.5. The maximum atomic E-state index is 13.4. The Morgan fingerprint density at radius 1 is 1.21 bits per heavy atom. The quantitative estimate of drug-likeness (QED) is 0.575. The van der Waals surface area contributed by atoms with E-state index in [-0.39, 0.29) is 5.02 Å². The summed E-state index contributed by atoms with van der Waals surface area (Å²) in [6.45, 7) is 6.42. The van der Waals surface area contributed by atoms with Crippen LogP contribution in [0.1, 0.15) is 6.42 Å². The summed E-state index contributed by atoms with van der Waals surface area (Å²) in [7, 11) is 2.16. The first-order valence-electron chi connectivity index (χ1n) is 9.54. The van der Waals surface area contributed by atoms with Crippen LogP contribution < -0.4 is 11.1 Å². The van der Waals surface area contributed by atoms with E-state index in [1.165, 1.54) is 23.5 Å². The molecule has 0 atom stereocenters. The Labute approximate surface area is 177 Å². The minimum Gasteiger partial charge on any atom is -0.382 e. The smallest absolute Gasteiger partial charge is 0.185 e. The van der Waals surface area contributed by atoms with Crippen LogP contribution in [0.25, 0.3) is 21.7 Å². The van der Waals surface area contributed by atoms with Gasteiger partial charge in [-0.3, -0.25) is 0 Å². The summed E-state index contributed by atoms with van der Waals surface area (Å²) >= 11 is 7.31. The Morgan fingerprint density at radius 2 is 2.00 bits per heavy atom. The Kier molecular flexibility index (Phi) is 6.09.